The van der Waals surface area contributed by atoms with E-state index in [-0.39, 0.29) is 5.91 Å². The number of likely N-dealkylation sites (N-methyl/N-ethyl adjacent to an activating group) is 1. The van der Waals surface area contributed by atoms with Gasteiger partial charge in [-0.1, -0.05) is 6.92 Å². The molecule has 1 fully saturated rings. The molecule has 7 nitrogen and oxygen atoms in total. The molecule has 28 heavy (non-hydrogen) atoms. The molecule has 2 aromatic carbocycles. The van der Waals surface area contributed by atoms with Crippen molar-refractivity contribution < 1.29 is 13.2 Å². The Labute approximate surface area is 166 Å². The minimum Gasteiger partial charge on any atom is -0.369 e. The van der Waals surface area contributed by atoms with E-state index in [0.29, 0.717) is 11.3 Å². The average molecular weight is 403 g/mol. The van der Waals surface area contributed by atoms with Gasteiger partial charge in [0, 0.05) is 48.8 Å². The van der Waals surface area contributed by atoms with Crippen molar-refractivity contribution in [3.8, 4) is 0 Å². The number of hydrogen-bond acceptors (Lipinski definition) is 5. The van der Waals surface area contributed by atoms with E-state index in [9.17, 15) is 13.2 Å². The monoisotopic (exact) mass is 402 g/mol. The Kier molecular flexibility index (Phi) is 6.21. The van der Waals surface area contributed by atoms with Crippen LogP contribution in [0.5, 0.6) is 0 Å². The van der Waals surface area contributed by atoms with Crippen LogP contribution in [-0.4, -0.2) is 58.2 Å². The maximum absolute atomic E-state index is 12.4. The molecular formula is C20H26N4O3S. The molecule has 1 amide bonds. The van der Waals surface area contributed by atoms with Crippen molar-refractivity contribution in [2.24, 2.45) is 0 Å². The van der Waals surface area contributed by atoms with E-state index < -0.39 is 10.0 Å². The van der Waals surface area contributed by atoms with Crippen LogP contribution in [0.25, 0.3) is 0 Å². The van der Waals surface area contributed by atoms with E-state index in [4.69, 9.17) is 0 Å². The summed E-state index contributed by atoms with van der Waals surface area (Å²) in [4.78, 5) is 17.2. The lowest BCUT2D eigenvalue weighted by Crippen LogP contribution is -2.46. The van der Waals surface area contributed by atoms with Crippen LogP contribution in [0, 0.1) is 0 Å². The zero-order valence-corrected chi connectivity index (χ0v) is 17.0. The number of piperazine rings is 1. The summed E-state index contributed by atoms with van der Waals surface area (Å²) in [6.07, 6.45) is 1.08. The number of amides is 1. The Bertz CT molecular complexity index is 903. The molecule has 1 aliphatic rings. The first-order valence-electron chi connectivity index (χ1n) is 9.30. The average Bonchev–Trinajstić information content (AvgIpc) is 2.68. The van der Waals surface area contributed by atoms with Crippen molar-refractivity contribution in [3.05, 3.63) is 54.1 Å². The third kappa shape index (κ3) is 5.46. The van der Waals surface area contributed by atoms with Gasteiger partial charge in [0.05, 0.1) is 6.26 Å². The van der Waals surface area contributed by atoms with Gasteiger partial charge in [0.1, 0.15) is 0 Å². The van der Waals surface area contributed by atoms with E-state index in [1.807, 2.05) is 24.3 Å². The Morgan fingerprint density at radius 1 is 0.929 bits per heavy atom. The van der Waals surface area contributed by atoms with Crippen LogP contribution in [0.3, 0.4) is 0 Å². The van der Waals surface area contributed by atoms with Gasteiger partial charge in [-0.2, -0.15) is 0 Å². The molecule has 0 saturated carbocycles. The number of sulfonamides is 1. The SMILES string of the molecule is CCN1CCN(c2ccc(NC(=O)c3ccc(NS(C)(=O)=O)cc3)cc2)CC1. The highest BCUT2D eigenvalue weighted by Crippen LogP contribution is 2.20. The molecule has 1 heterocycles. The van der Waals surface area contributed by atoms with E-state index >= 15 is 0 Å². The zero-order valence-electron chi connectivity index (χ0n) is 16.2. The maximum Gasteiger partial charge on any atom is 0.255 e. The summed E-state index contributed by atoms with van der Waals surface area (Å²) in [5, 5.41) is 2.87. The van der Waals surface area contributed by atoms with Crippen LogP contribution in [0.1, 0.15) is 17.3 Å². The summed E-state index contributed by atoms with van der Waals surface area (Å²) >= 11 is 0. The third-order valence-electron chi connectivity index (χ3n) is 4.76. The molecule has 0 aliphatic carbocycles. The van der Waals surface area contributed by atoms with Crippen molar-refractivity contribution in [1.82, 2.24) is 4.90 Å². The van der Waals surface area contributed by atoms with Gasteiger partial charge in [-0.3, -0.25) is 9.52 Å². The molecule has 3 rings (SSSR count). The first kappa shape index (κ1) is 20.2. The van der Waals surface area contributed by atoms with Crippen LogP contribution in [0.4, 0.5) is 17.1 Å². The second-order valence-electron chi connectivity index (χ2n) is 6.87. The lowest BCUT2D eigenvalue weighted by molar-refractivity contribution is 0.102. The highest BCUT2D eigenvalue weighted by Gasteiger charge is 2.16. The van der Waals surface area contributed by atoms with E-state index in [1.165, 1.54) is 0 Å². The number of benzene rings is 2. The molecule has 0 aromatic heterocycles. The Morgan fingerprint density at radius 2 is 1.50 bits per heavy atom. The van der Waals surface area contributed by atoms with Gasteiger partial charge in [0.2, 0.25) is 10.0 Å². The number of rotatable bonds is 6. The van der Waals surface area contributed by atoms with E-state index in [1.54, 1.807) is 24.3 Å². The second kappa shape index (κ2) is 8.62. The zero-order chi connectivity index (χ0) is 20.1. The van der Waals surface area contributed by atoms with Crippen molar-refractivity contribution in [2.45, 2.75) is 6.92 Å². The van der Waals surface area contributed by atoms with Crippen LogP contribution >= 0.6 is 0 Å². The van der Waals surface area contributed by atoms with Crippen molar-refractivity contribution in [3.63, 3.8) is 0 Å². The smallest absolute Gasteiger partial charge is 0.255 e. The molecule has 0 unspecified atom stereocenters. The van der Waals surface area contributed by atoms with E-state index in [2.05, 4.69) is 26.8 Å². The van der Waals surface area contributed by atoms with Gasteiger partial charge in [-0.25, -0.2) is 8.42 Å². The predicted molar refractivity (Wildman–Crippen MR) is 114 cm³/mol. The fraction of sp³-hybridized carbons (Fsp3) is 0.350. The number of carbonyl (C=O) groups is 1. The third-order valence-corrected chi connectivity index (χ3v) is 5.37. The summed E-state index contributed by atoms with van der Waals surface area (Å²) in [6.45, 7) is 7.42. The van der Waals surface area contributed by atoms with Gasteiger partial charge >= 0.3 is 0 Å². The molecule has 2 aromatic rings. The summed E-state index contributed by atoms with van der Waals surface area (Å²) in [6, 6.07) is 14.2. The fourth-order valence-corrected chi connectivity index (χ4v) is 3.75. The Hall–Kier alpha value is -2.58. The molecule has 0 bridgehead atoms. The molecule has 8 heteroatoms. The minimum atomic E-state index is -3.33. The highest BCUT2D eigenvalue weighted by atomic mass is 32.2. The van der Waals surface area contributed by atoms with Gasteiger partial charge in [-0.15, -0.1) is 0 Å². The second-order valence-corrected chi connectivity index (χ2v) is 8.62. The Morgan fingerprint density at radius 3 is 2.04 bits per heavy atom. The molecule has 0 radical (unpaired) electrons. The molecule has 1 aliphatic heterocycles. The molecule has 2 N–H and O–H groups in total. The van der Waals surface area contributed by atoms with E-state index in [0.717, 1.165) is 50.4 Å². The summed E-state index contributed by atoms with van der Waals surface area (Å²) in [5.41, 5.74) is 2.76. The summed E-state index contributed by atoms with van der Waals surface area (Å²) < 4.78 is 24.8. The number of hydrogen-bond donors (Lipinski definition) is 2. The number of carbonyl (C=O) groups excluding carboxylic acids is 1. The topological polar surface area (TPSA) is 81.8 Å². The summed E-state index contributed by atoms with van der Waals surface area (Å²) in [5.74, 6) is -0.241. The van der Waals surface area contributed by atoms with Gasteiger partial charge in [0.15, 0.2) is 0 Å². The normalized spacial score (nSPS) is 15.3. The standard InChI is InChI=1S/C20H26N4O3S/c1-3-23-12-14-24(15-13-23)19-10-8-17(9-11-19)21-20(25)16-4-6-18(7-5-16)22-28(2,26)27/h4-11,22H,3,12-15H2,1-2H3,(H,21,25). The highest BCUT2D eigenvalue weighted by molar-refractivity contribution is 7.92. The first-order chi connectivity index (χ1) is 13.3. The van der Waals surface area contributed by atoms with Crippen molar-refractivity contribution >= 4 is 33.0 Å². The molecule has 150 valence electrons. The lowest BCUT2D eigenvalue weighted by Gasteiger charge is -2.35. The van der Waals surface area contributed by atoms with Crippen LogP contribution in [-0.2, 0) is 10.0 Å². The van der Waals surface area contributed by atoms with Gasteiger partial charge in [-0.05, 0) is 55.1 Å². The quantitative estimate of drug-likeness (QED) is 0.776. The fourth-order valence-electron chi connectivity index (χ4n) is 3.18. The van der Waals surface area contributed by atoms with Crippen LogP contribution < -0.4 is 14.9 Å². The molecule has 0 atom stereocenters. The molecule has 1 saturated heterocycles. The predicted octanol–water partition coefficient (Wildman–Crippen LogP) is 2.45. The van der Waals surface area contributed by atoms with Crippen LogP contribution in [0.2, 0.25) is 0 Å². The molecular weight excluding hydrogens is 376 g/mol. The van der Waals surface area contributed by atoms with Crippen molar-refractivity contribution in [2.75, 3.05) is 53.9 Å². The van der Waals surface area contributed by atoms with Crippen molar-refractivity contribution in [1.29, 1.82) is 0 Å². The lowest BCUT2D eigenvalue weighted by atomic mass is 10.2. The Balaban J connectivity index is 1.58. The first-order valence-corrected chi connectivity index (χ1v) is 11.2. The molecule has 0 spiro atoms. The summed E-state index contributed by atoms with van der Waals surface area (Å²) in [7, 11) is -3.33. The van der Waals surface area contributed by atoms with Crippen LogP contribution in [0.15, 0.2) is 48.5 Å². The largest absolute Gasteiger partial charge is 0.369 e. The minimum absolute atomic E-state index is 0.241. The number of nitrogens with zero attached hydrogens (tertiary/aromatic N) is 2. The number of anilines is 3. The maximum atomic E-state index is 12.4. The van der Waals surface area contributed by atoms with Gasteiger partial charge < -0.3 is 15.1 Å². The van der Waals surface area contributed by atoms with Gasteiger partial charge in [0.25, 0.3) is 5.91 Å². The number of nitrogens with one attached hydrogen (secondary N) is 2.